The normalized spacial score (nSPS) is 12.2. The Balaban J connectivity index is 0.000000439. The highest BCUT2D eigenvalue weighted by molar-refractivity contribution is 5.92. The zero-order valence-corrected chi connectivity index (χ0v) is 62.4. The van der Waals surface area contributed by atoms with Gasteiger partial charge < -0.3 is 51.5 Å². The van der Waals surface area contributed by atoms with Gasteiger partial charge in [-0.15, -0.1) is 0 Å². The summed E-state index contributed by atoms with van der Waals surface area (Å²) < 4.78 is 227. The summed E-state index contributed by atoms with van der Waals surface area (Å²) in [6.45, 7) is 16.9. The molecule has 38 heteroatoms. The van der Waals surface area contributed by atoms with E-state index in [1.807, 2.05) is 6.92 Å². The third-order valence-corrected chi connectivity index (χ3v) is 16.2. The van der Waals surface area contributed by atoms with Crippen molar-refractivity contribution in [1.82, 2.24) is 30.4 Å². The van der Waals surface area contributed by atoms with Crippen LogP contribution in [0.15, 0.2) is 143 Å². The molecule has 3 heterocycles. The van der Waals surface area contributed by atoms with Gasteiger partial charge in [0.15, 0.2) is 0 Å². The smallest absolute Gasteiger partial charge is 0.460 e. The number of hydrogen-bond donors (Lipinski definition) is 0. The van der Waals surface area contributed by atoms with E-state index < -0.39 is 102 Å². The maximum atomic E-state index is 13.8. The molecule has 7 rings (SSSR count). The molecule has 0 saturated carbocycles. The second-order valence-corrected chi connectivity index (χ2v) is 24.9. The molecule has 0 aliphatic carbocycles. The topological polar surface area (TPSA) is 327 Å². The van der Waals surface area contributed by atoms with E-state index in [2.05, 4.69) is 66.6 Å². The Hall–Kier alpha value is -11.6. The van der Waals surface area contributed by atoms with E-state index in [0.29, 0.717) is 97.8 Å². The van der Waals surface area contributed by atoms with Crippen LogP contribution in [-0.2, 0) is 61.9 Å². The number of nitrogens with zero attached hydrogens (tertiary/aromatic N) is 6. The van der Waals surface area contributed by atoms with Gasteiger partial charge in [-0.3, -0.25) is 14.4 Å². The first-order valence-corrected chi connectivity index (χ1v) is 35.6. The average Bonchev–Trinajstić information content (AvgIpc) is 1.29. The lowest BCUT2D eigenvalue weighted by molar-refractivity contribution is -0.440. The van der Waals surface area contributed by atoms with Crippen molar-refractivity contribution in [3.63, 3.8) is 0 Å². The lowest BCUT2D eigenvalue weighted by Crippen LogP contribution is -2.70. The quantitative estimate of drug-likeness (QED) is 0.00651. The van der Waals surface area contributed by atoms with Crippen LogP contribution in [-0.4, -0.2) is 161 Å². The number of unbranched alkanes of at least 4 members (excludes halogenated alkanes) is 7. The average molecular weight is 1640 g/mol. The minimum atomic E-state index is -7.99. The Labute approximate surface area is 649 Å². The van der Waals surface area contributed by atoms with E-state index >= 15 is 0 Å². The summed E-state index contributed by atoms with van der Waals surface area (Å²) in [4.78, 5) is 108. The number of rotatable bonds is 44. The molecular formula is C77H81F13N6O19. The molecule has 0 N–H and O–H groups in total. The van der Waals surface area contributed by atoms with Crippen molar-refractivity contribution in [3.05, 3.63) is 140 Å². The first-order chi connectivity index (χ1) is 54.5. The molecule has 0 fully saturated rings. The number of hydrogen-bond acceptors (Lipinski definition) is 25. The van der Waals surface area contributed by atoms with Crippen molar-refractivity contribution < 1.29 is 147 Å². The van der Waals surface area contributed by atoms with E-state index in [9.17, 15) is 95.4 Å². The van der Waals surface area contributed by atoms with Crippen molar-refractivity contribution in [2.75, 3.05) is 46.2 Å². The molecule has 624 valence electrons. The van der Waals surface area contributed by atoms with E-state index in [1.54, 1.807) is 91.0 Å². The molecular weight excluding hydrogens is 1560 g/mol. The molecule has 0 bridgehead atoms. The van der Waals surface area contributed by atoms with Gasteiger partial charge in [0.1, 0.15) is 5.75 Å². The molecule has 0 amide bonds. The first kappa shape index (κ1) is 94.0. The van der Waals surface area contributed by atoms with Gasteiger partial charge in [-0.2, -0.15) is 72.0 Å². The number of carbonyl (C=O) groups excluding carboxylic acids is 8. The number of halogens is 13. The predicted molar refractivity (Wildman–Crippen MR) is 380 cm³/mol. The molecule has 25 nitrogen and oxygen atoms in total. The van der Waals surface area contributed by atoms with Crippen LogP contribution in [0.2, 0.25) is 0 Å². The van der Waals surface area contributed by atoms with Gasteiger partial charge >= 0.3 is 77.6 Å². The van der Waals surface area contributed by atoms with Crippen LogP contribution in [0, 0.1) is 11.8 Å². The number of benzene rings is 4. The zero-order valence-electron chi connectivity index (χ0n) is 62.4. The zero-order chi connectivity index (χ0) is 85.2. The molecule has 0 spiro atoms. The van der Waals surface area contributed by atoms with Crippen LogP contribution >= 0.6 is 0 Å². The number of carbonyl (C=O) groups is 8. The molecule has 4 aromatic carbocycles. The SMILES string of the molecule is C=CC(=O)OCCCCCOC(=O)c1cccc(-c2noc(-c3cc(-c4nc(-c5cccc(OC(=O)C=C)c5)no4)cc(-c4nc(-c5cccc(C(=O)OCCCCCOC(=O)C=C)c5)no4)c3)n2)c1.CCCCCOC=O.CCCCOC(=O)C(C)CC(CC)C(=O)OCCC(F)(F)C(F)(F)C(F)(F)C(F)(F)C(F)(F)C(F)(F)F. The van der Waals surface area contributed by atoms with Crippen LogP contribution in [0.25, 0.3) is 68.5 Å². The second-order valence-electron chi connectivity index (χ2n) is 24.9. The van der Waals surface area contributed by atoms with Gasteiger partial charge in [0.25, 0.3) is 24.1 Å². The number of aromatic nitrogens is 6. The number of alkyl halides is 13. The van der Waals surface area contributed by atoms with E-state index in [0.717, 1.165) is 31.1 Å². The van der Waals surface area contributed by atoms with Gasteiger partial charge in [0.2, 0.25) is 17.5 Å². The van der Waals surface area contributed by atoms with Crippen LogP contribution < -0.4 is 4.74 Å². The molecule has 0 aliphatic heterocycles. The molecule has 0 aliphatic rings. The Morgan fingerprint density at radius 3 is 1.25 bits per heavy atom. The van der Waals surface area contributed by atoms with Crippen LogP contribution in [0.4, 0.5) is 57.1 Å². The summed E-state index contributed by atoms with van der Waals surface area (Å²) >= 11 is 0. The van der Waals surface area contributed by atoms with Crippen molar-refractivity contribution in [3.8, 4) is 74.3 Å². The molecule has 0 radical (unpaired) electrons. The van der Waals surface area contributed by atoms with Crippen molar-refractivity contribution in [2.24, 2.45) is 11.8 Å². The second kappa shape index (κ2) is 44.7. The first-order valence-electron chi connectivity index (χ1n) is 35.6. The Morgan fingerprint density at radius 2 is 0.835 bits per heavy atom. The molecule has 0 saturated heterocycles. The highest BCUT2D eigenvalue weighted by Crippen LogP contribution is 2.61. The molecule has 7 aromatic rings. The lowest BCUT2D eigenvalue weighted by Gasteiger charge is -2.39. The maximum Gasteiger partial charge on any atom is 0.460 e. The fourth-order valence-corrected chi connectivity index (χ4v) is 9.77. The van der Waals surface area contributed by atoms with Crippen molar-refractivity contribution in [1.29, 1.82) is 0 Å². The number of ether oxygens (including phenoxy) is 8. The molecule has 3 aromatic heterocycles. The van der Waals surface area contributed by atoms with Crippen LogP contribution in [0.1, 0.15) is 138 Å². The van der Waals surface area contributed by atoms with Crippen molar-refractivity contribution in [2.45, 2.75) is 153 Å². The molecule has 2 atom stereocenters. The predicted octanol–water partition coefficient (Wildman–Crippen LogP) is 17.4. The van der Waals surface area contributed by atoms with Gasteiger partial charge in [0.05, 0.1) is 75.6 Å². The summed E-state index contributed by atoms with van der Waals surface area (Å²) in [5.41, 5.74) is 3.17. The highest BCUT2D eigenvalue weighted by atomic mass is 19.4. The van der Waals surface area contributed by atoms with E-state index in [4.69, 9.17) is 42.0 Å². The van der Waals surface area contributed by atoms with Gasteiger partial charge in [0, 0.05) is 51.6 Å². The maximum absolute atomic E-state index is 13.8. The minimum absolute atomic E-state index is 0.0722. The van der Waals surface area contributed by atoms with Gasteiger partial charge in [-0.05, 0) is 119 Å². The van der Waals surface area contributed by atoms with Crippen molar-refractivity contribution >= 4 is 48.3 Å². The summed E-state index contributed by atoms with van der Waals surface area (Å²) in [7, 11) is 0. The molecule has 2 unspecified atom stereocenters. The van der Waals surface area contributed by atoms with E-state index in [1.165, 1.54) is 20.3 Å². The van der Waals surface area contributed by atoms with Crippen LogP contribution in [0.3, 0.4) is 0 Å². The van der Waals surface area contributed by atoms with Gasteiger partial charge in [-0.25, -0.2) is 24.0 Å². The monoisotopic (exact) mass is 1640 g/mol. The molecule has 115 heavy (non-hydrogen) atoms. The van der Waals surface area contributed by atoms with Gasteiger partial charge in [-0.1, -0.05) is 119 Å². The standard InChI is InChI=1S/C51H44N6O13.C20H25F13O4.C6H12O2/c1-4-41(58)63-22-9-7-11-24-65-50(61)35-19-13-16-32(26-35)44-52-47(68-55-44)37-28-38(30-39(29-37)49-54-46(57-70-49)34-18-15-21-40(31-34)67-43(60)6-3)48-53-45(56-69-48)33-17-14-20-36(27-33)51(62)66-25-12-8-10-23-64-42(59)5-2;1-4-6-8-36-13(34)11(3)10-12(5-2)14(35)37-9-7-15(21,22)16(23,24)17(25,26)18(27,28)19(29,30)20(31,32)33;1-2-3-4-5-8-6-7/h4-6,13-21,26-31H,1-3,7-12,22-25H2;11-12H,4-10H2,1-3H3;6H,2-5H2,1H3. The summed E-state index contributed by atoms with van der Waals surface area (Å²) in [5, 5.41) is 12.6. The fourth-order valence-electron chi connectivity index (χ4n) is 9.77. The van der Waals surface area contributed by atoms with E-state index in [-0.39, 0.29) is 97.9 Å². The summed E-state index contributed by atoms with van der Waals surface area (Å²) in [6.07, 6.45) is 1.07. The summed E-state index contributed by atoms with van der Waals surface area (Å²) in [5.74, 6) is -43.4. The summed E-state index contributed by atoms with van der Waals surface area (Å²) in [6, 6.07) is 24.8. The Bertz CT molecular complexity index is 4250. The third kappa shape index (κ3) is 27.0. The lowest BCUT2D eigenvalue weighted by atomic mass is 9.92. The highest BCUT2D eigenvalue weighted by Gasteiger charge is 2.90. The fraction of sp³-hybridized carbons (Fsp3) is 0.429. The van der Waals surface area contributed by atoms with Crippen LogP contribution in [0.5, 0.6) is 5.75 Å². The number of esters is 7. The minimum Gasteiger partial charge on any atom is -0.468 e. The largest absolute Gasteiger partial charge is 0.468 e. The Morgan fingerprint density at radius 1 is 0.435 bits per heavy atom. The third-order valence-electron chi connectivity index (χ3n) is 16.2. The Kier molecular flexibility index (Phi) is 36.5.